The highest BCUT2D eigenvalue weighted by molar-refractivity contribution is 7.89. The Morgan fingerprint density at radius 1 is 0.957 bits per heavy atom. The van der Waals surface area contributed by atoms with Crippen LogP contribution in [0.15, 0.2) is 53.4 Å². The Labute approximate surface area is 138 Å². The van der Waals surface area contributed by atoms with Gasteiger partial charge in [0.1, 0.15) is 5.75 Å². The predicted octanol–water partition coefficient (Wildman–Crippen LogP) is 3.86. The molecule has 4 nitrogen and oxygen atoms in total. The fourth-order valence-electron chi connectivity index (χ4n) is 2.31. The molecule has 0 heterocycles. The Kier molecular flexibility index (Phi) is 5.44. The first kappa shape index (κ1) is 17.5. The molecule has 0 saturated carbocycles. The van der Waals surface area contributed by atoms with Crippen LogP contribution < -0.4 is 9.46 Å². The lowest BCUT2D eigenvalue weighted by molar-refractivity contribution is 0.413. The highest BCUT2D eigenvalue weighted by atomic mass is 32.2. The number of rotatable bonds is 6. The van der Waals surface area contributed by atoms with Crippen molar-refractivity contribution < 1.29 is 13.2 Å². The van der Waals surface area contributed by atoms with E-state index in [1.54, 1.807) is 19.2 Å². The molecule has 2 rings (SSSR count). The largest absolute Gasteiger partial charge is 0.497 e. The van der Waals surface area contributed by atoms with Crippen molar-refractivity contribution in [2.75, 3.05) is 7.11 Å². The molecule has 1 unspecified atom stereocenters. The van der Waals surface area contributed by atoms with Crippen LogP contribution in [0, 0.1) is 0 Å². The van der Waals surface area contributed by atoms with Crippen LogP contribution in [0.5, 0.6) is 5.75 Å². The van der Waals surface area contributed by atoms with Crippen molar-refractivity contribution in [1.82, 2.24) is 4.72 Å². The molecule has 0 radical (unpaired) electrons. The molecule has 23 heavy (non-hydrogen) atoms. The molecule has 5 heteroatoms. The molecule has 0 spiro atoms. The summed E-state index contributed by atoms with van der Waals surface area (Å²) in [6.07, 6.45) is 0. The standard InChI is InChI=1S/C18H23NO3S/c1-13(2)15-8-10-18(11-9-15)23(20,21)19-14(3)16-6-5-7-17(12-16)22-4/h5-14,19H,1-4H3. The zero-order chi connectivity index (χ0) is 17.0. The first-order valence-corrected chi connectivity index (χ1v) is 9.08. The highest BCUT2D eigenvalue weighted by Gasteiger charge is 2.18. The Morgan fingerprint density at radius 3 is 2.17 bits per heavy atom. The van der Waals surface area contributed by atoms with Crippen molar-refractivity contribution in [3.8, 4) is 5.75 Å². The third kappa shape index (κ3) is 4.33. The van der Waals surface area contributed by atoms with Crippen molar-refractivity contribution in [1.29, 1.82) is 0 Å². The summed E-state index contributed by atoms with van der Waals surface area (Å²) < 4.78 is 32.9. The molecule has 0 aliphatic carbocycles. The summed E-state index contributed by atoms with van der Waals surface area (Å²) in [4.78, 5) is 0.275. The molecule has 0 aliphatic heterocycles. The van der Waals surface area contributed by atoms with Gasteiger partial charge in [0.2, 0.25) is 10.0 Å². The van der Waals surface area contributed by atoms with E-state index in [-0.39, 0.29) is 10.9 Å². The van der Waals surface area contributed by atoms with Crippen LogP contribution in [0.2, 0.25) is 0 Å². The van der Waals surface area contributed by atoms with Gasteiger partial charge in [-0.05, 0) is 48.2 Å². The molecule has 0 amide bonds. The zero-order valence-corrected chi connectivity index (χ0v) is 14.7. The maximum Gasteiger partial charge on any atom is 0.241 e. The molecule has 2 aromatic rings. The van der Waals surface area contributed by atoms with E-state index < -0.39 is 10.0 Å². The maximum atomic E-state index is 12.5. The number of nitrogens with one attached hydrogen (secondary N) is 1. The number of hydrogen-bond donors (Lipinski definition) is 1. The van der Waals surface area contributed by atoms with Crippen LogP contribution in [0.3, 0.4) is 0 Å². The van der Waals surface area contributed by atoms with Gasteiger partial charge in [-0.25, -0.2) is 13.1 Å². The number of hydrogen-bond acceptors (Lipinski definition) is 3. The first-order valence-electron chi connectivity index (χ1n) is 7.59. The van der Waals surface area contributed by atoms with Gasteiger partial charge in [0, 0.05) is 6.04 Å². The van der Waals surface area contributed by atoms with Crippen molar-refractivity contribution in [3.63, 3.8) is 0 Å². The maximum absolute atomic E-state index is 12.5. The van der Waals surface area contributed by atoms with Crippen molar-refractivity contribution in [2.45, 2.75) is 37.6 Å². The Balaban J connectivity index is 2.19. The Bertz CT molecular complexity index is 752. The lowest BCUT2D eigenvalue weighted by atomic mass is 10.0. The van der Waals surface area contributed by atoms with E-state index >= 15 is 0 Å². The summed E-state index contributed by atoms with van der Waals surface area (Å²) in [5.41, 5.74) is 1.97. The molecule has 0 saturated heterocycles. The number of ether oxygens (including phenoxy) is 1. The monoisotopic (exact) mass is 333 g/mol. The third-order valence-electron chi connectivity index (χ3n) is 3.78. The number of methoxy groups -OCH3 is 1. The van der Waals surface area contributed by atoms with Gasteiger partial charge < -0.3 is 4.74 Å². The summed E-state index contributed by atoms with van der Waals surface area (Å²) in [5.74, 6) is 1.07. The van der Waals surface area contributed by atoms with Crippen molar-refractivity contribution >= 4 is 10.0 Å². The minimum absolute atomic E-state index is 0.275. The Morgan fingerprint density at radius 2 is 1.61 bits per heavy atom. The van der Waals surface area contributed by atoms with E-state index in [9.17, 15) is 8.42 Å². The van der Waals surface area contributed by atoms with Crippen LogP contribution in [0.1, 0.15) is 43.9 Å². The highest BCUT2D eigenvalue weighted by Crippen LogP contribution is 2.22. The molecular weight excluding hydrogens is 310 g/mol. The minimum Gasteiger partial charge on any atom is -0.497 e. The van der Waals surface area contributed by atoms with Crippen LogP contribution >= 0.6 is 0 Å². The van der Waals surface area contributed by atoms with Crippen molar-refractivity contribution in [3.05, 3.63) is 59.7 Å². The molecule has 1 atom stereocenters. The lowest BCUT2D eigenvalue weighted by Crippen LogP contribution is -2.26. The molecule has 0 aromatic heterocycles. The first-order chi connectivity index (χ1) is 10.8. The lowest BCUT2D eigenvalue weighted by Gasteiger charge is -2.16. The number of sulfonamides is 1. The van der Waals surface area contributed by atoms with Gasteiger partial charge in [-0.15, -0.1) is 0 Å². The number of benzene rings is 2. The average Bonchev–Trinajstić information content (AvgIpc) is 2.54. The van der Waals surface area contributed by atoms with Crippen LogP contribution in [-0.4, -0.2) is 15.5 Å². The molecule has 1 N–H and O–H groups in total. The second-order valence-corrected chi connectivity index (χ2v) is 7.56. The summed E-state index contributed by atoms with van der Waals surface area (Å²) in [7, 11) is -1.97. The molecular formula is C18H23NO3S. The van der Waals surface area contributed by atoms with Gasteiger partial charge in [0.15, 0.2) is 0 Å². The SMILES string of the molecule is COc1cccc(C(C)NS(=O)(=O)c2ccc(C(C)C)cc2)c1. The van der Waals surface area contributed by atoms with Gasteiger partial charge in [-0.2, -0.15) is 0 Å². The third-order valence-corrected chi connectivity index (χ3v) is 5.34. The summed E-state index contributed by atoms with van der Waals surface area (Å²) in [6, 6.07) is 14.0. The van der Waals surface area contributed by atoms with Crippen LogP contribution in [0.25, 0.3) is 0 Å². The summed E-state index contributed by atoms with van der Waals surface area (Å²) >= 11 is 0. The fraction of sp³-hybridized carbons (Fsp3) is 0.333. The van der Waals surface area contributed by atoms with Gasteiger partial charge in [0.05, 0.1) is 12.0 Å². The van der Waals surface area contributed by atoms with Crippen molar-refractivity contribution in [2.24, 2.45) is 0 Å². The predicted molar refractivity (Wildman–Crippen MR) is 92.3 cm³/mol. The molecule has 0 bridgehead atoms. The fourth-order valence-corrected chi connectivity index (χ4v) is 3.54. The van der Waals surface area contributed by atoms with E-state index in [1.165, 1.54) is 0 Å². The van der Waals surface area contributed by atoms with E-state index in [2.05, 4.69) is 18.6 Å². The average molecular weight is 333 g/mol. The second kappa shape index (κ2) is 7.15. The smallest absolute Gasteiger partial charge is 0.241 e. The van der Waals surface area contributed by atoms with Crippen LogP contribution in [0.4, 0.5) is 0 Å². The molecule has 0 fully saturated rings. The van der Waals surface area contributed by atoms with E-state index in [1.807, 2.05) is 43.3 Å². The second-order valence-electron chi connectivity index (χ2n) is 5.84. The van der Waals surface area contributed by atoms with E-state index in [0.29, 0.717) is 11.7 Å². The zero-order valence-electron chi connectivity index (χ0n) is 13.9. The molecule has 2 aromatic carbocycles. The van der Waals surface area contributed by atoms with Crippen LogP contribution in [-0.2, 0) is 10.0 Å². The van der Waals surface area contributed by atoms with Gasteiger partial charge in [0.25, 0.3) is 0 Å². The van der Waals surface area contributed by atoms with E-state index in [4.69, 9.17) is 4.74 Å². The van der Waals surface area contributed by atoms with Gasteiger partial charge in [-0.1, -0.05) is 38.1 Å². The van der Waals surface area contributed by atoms with Gasteiger partial charge >= 0.3 is 0 Å². The molecule has 124 valence electrons. The summed E-state index contributed by atoms with van der Waals surface area (Å²) in [5, 5.41) is 0. The topological polar surface area (TPSA) is 55.4 Å². The normalized spacial score (nSPS) is 13.1. The van der Waals surface area contributed by atoms with Gasteiger partial charge in [-0.3, -0.25) is 0 Å². The molecule has 0 aliphatic rings. The quantitative estimate of drug-likeness (QED) is 0.873. The summed E-state index contributed by atoms with van der Waals surface area (Å²) in [6.45, 7) is 5.97. The minimum atomic E-state index is -3.56. The van der Waals surface area contributed by atoms with E-state index in [0.717, 1.165) is 11.1 Å². The Hall–Kier alpha value is -1.85.